The van der Waals surface area contributed by atoms with Gasteiger partial charge in [0.2, 0.25) is 0 Å². The standard InChI is InChI=1S/C12H16O3S/c1-7-5-8-3-4-9-6-10(11(7)12(8)9)15-16(2,13)14/h3-5,8-12H,6H2,1-2H3/t8-,9+,10-,11+,12-/m0/s1. The van der Waals surface area contributed by atoms with Crippen molar-refractivity contribution in [1.29, 1.82) is 0 Å². The first kappa shape index (κ1) is 10.5. The third kappa shape index (κ3) is 1.47. The van der Waals surface area contributed by atoms with Crippen molar-refractivity contribution in [1.82, 2.24) is 0 Å². The molecule has 0 aliphatic heterocycles. The van der Waals surface area contributed by atoms with Gasteiger partial charge in [0.15, 0.2) is 0 Å². The van der Waals surface area contributed by atoms with E-state index in [4.69, 9.17) is 4.18 Å². The number of hydrogen-bond donors (Lipinski definition) is 0. The lowest BCUT2D eigenvalue weighted by Crippen LogP contribution is -2.24. The van der Waals surface area contributed by atoms with Crippen LogP contribution in [0.25, 0.3) is 0 Å². The molecular weight excluding hydrogens is 224 g/mol. The summed E-state index contributed by atoms with van der Waals surface area (Å²) in [6.45, 7) is 2.10. The Morgan fingerprint density at radius 3 is 2.81 bits per heavy atom. The minimum atomic E-state index is -3.34. The summed E-state index contributed by atoms with van der Waals surface area (Å²) in [6.07, 6.45) is 8.61. The Kier molecular flexibility index (Phi) is 2.11. The topological polar surface area (TPSA) is 43.4 Å². The molecule has 1 saturated carbocycles. The van der Waals surface area contributed by atoms with E-state index >= 15 is 0 Å². The van der Waals surface area contributed by atoms with Crippen molar-refractivity contribution in [2.24, 2.45) is 23.7 Å². The number of rotatable bonds is 2. The molecule has 0 radical (unpaired) electrons. The lowest BCUT2D eigenvalue weighted by atomic mass is 9.88. The van der Waals surface area contributed by atoms with Gasteiger partial charge in [-0.15, -0.1) is 0 Å². The first-order valence-corrected chi connectivity index (χ1v) is 7.52. The molecule has 3 nitrogen and oxygen atoms in total. The van der Waals surface area contributed by atoms with Gasteiger partial charge in [-0.2, -0.15) is 8.42 Å². The second-order valence-electron chi connectivity index (χ2n) is 5.21. The Morgan fingerprint density at radius 2 is 2.12 bits per heavy atom. The van der Waals surface area contributed by atoms with Crippen molar-refractivity contribution in [2.45, 2.75) is 19.4 Å². The third-order valence-electron chi connectivity index (χ3n) is 4.12. The van der Waals surface area contributed by atoms with Crippen LogP contribution in [0.1, 0.15) is 13.3 Å². The fraction of sp³-hybridized carbons (Fsp3) is 0.667. The Balaban J connectivity index is 1.90. The van der Waals surface area contributed by atoms with Crippen LogP contribution in [0, 0.1) is 23.7 Å². The molecule has 3 rings (SSSR count). The maximum atomic E-state index is 11.2. The average Bonchev–Trinajstić information content (AvgIpc) is 2.70. The zero-order chi connectivity index (χ0) is 11.5. The predicted octanol–water partition coefficient (Wildman–Crippen LogP) is 1.73. The number of hydrogen-bond acceptors (Lipinski definition) is 3. The van der Waals surface area contributed by atoms with Crippen molar-refractivity contribution in [3.8, 4) is 0 Å². The summed E-state index contributed by atoms with van der Waals surface area (Å²) in [7, 11) is -3.34. The molecule has 3 aliphatic rings. The maximum Gasteiger partial charge on any atom is 0.264 e. The Hall–Kier alpha value is -0.610. The Labute approximate surface area is 96.3 Å². The minimum absolute atomic E-state index is 0.142. The lowest BCUT2D eigenvalue weighted by molar-refractivity contribution is 0.172. The van der Waals surface area contributed by atoms with Crippen molar-refractivity contribution in [3.63, 3.8) is 0 Å². The van der Waals surface area contributed by atoms with E-state index in [-0.39, 0.29) is 6.10 Å². The van der Waals surface area contributed by atoms with E-state index in [1.807, 2.05) is 0 Å². The molecule has 0 saturated heterocycles. The molecule has 0 heterocycles. The van der Waals surface area contributed by atoms with Crippen LogP contribution in [0.4, 0.5) is 0 Å². The Bertz CT molecular complexity index is 474. The summed E-state index contributed by atoms with van der Waals surface area (Å²) in [6, 6.07) is 0. The fourth-order valence-electron chi connectivity index (χ4n) is 3.72. The van der Waals surface area contributed by atoms with Crippen molar-refractivity contribution in [2.75, 3.05) is 6.26 Å². The van der Waals surface area contributed by atoms with Crippen LogP contribution in [0.5, 0.6) is 0 Å². The van der Waals surface area contributed by atoms with Gasteiger partial charge < -0.3 is 0 Å². The van der Waals surface area contributed by atoms with Gasteiger partial charge in [-0.25, -0.2) is 0 Å². The van der Waals surface area contributed by atoms with Gasteiger partial charge in [-0.1, -0.05) is 23.8 Å². The van der Waals surface area contributed by atoms with Gasteiger partial charge in [-0.3, -0.25) is 4.18 Å². The maximum absolute atomic E-state index is 11.2. The smallest absolute Gasteiger partial charge is 0.264 e. The highest BCUT2D eigenvalue weighted by molar-refractivity contribution is 7.86. The van der Waals surface area contributed by atoms with Gasteiger partial charge in [0.1, 0.15) is 0 Å². The van der Waals surface area contributed by atoms with Crippen LogP contribution >= 0.6 is 0 Å². The molecular formula is C12H16O3S. The summed E-state index contributed by atoms with van der Waals surface area (Å²) in [5.74, 6) is 1.89. The van der Waals surface area contributed by atoms with E-state index in [2.05, 4.69) is 25.2 Å². The highest BCUT2D eigenvalue weighted by Crippen LogP contribution is 2.55. The van der Waals surface area contributed by atoms with Crippen LogP contribution in [0.3, 0.4) is 0 Å². The van der Waals surface area contributed by atoms with Crippen LogP contribution in [-0.4, -0.2) is 20.8 Å². The van der Waals surface area contributed by atoms with Gasteiger partial charge in [0, 0.05) is 5.92 Å². The summed E-state index contributed by atoms with van der Waals surface area (Å²) in [4.78, 5) is 0. The van der Waals surface area contributed by atoms with Crippen molar-refractivity contribution >= 4 is 10.1 Å². The molecule has 1 fully saturated rings. The van der Waals surface area contributed by atoms with Crippen LogP contribution < -0.4 is 0 Å². The van der Waals surface area contributed by atoms with Gasteiger partial charge in [0.25, 0.3) is 10.1 Å². The largest absolute Gasteiger partial charge is 0.266 e. The molecule has 0 unspecified atom stereocenters. The number of allylic oxidation sites excluding steroid dienone is 3. The highest BCUT2D eigenvalue weighted by atomic mass is 32.2. The highest BCUT2D eigenvalue weighted by Gasteiger charge is 2.52. The van der Waals surface area contributed by atoms with Crippen LogP contribution in [0.15, 0.2) is 23.8 Å². The van der Waals surface area contributed by atoms with Crippen molar-refractivity contribution in [3.05, 3.63) is 23.8 Å². The van der Waals surface area contributed by atoms with Gasteiger partial charge >= 0.3 is 0 Å². The molecule has 0 spiro atoms. The fourth-order valence-corrected chi connectivity index (χ4v) is 4.37. The van der Waals surface area contributed by atoms with Crippen LogP contribution in [-0.2, 0) is 14.3 Å². The normalized spacial score (nSPS) is 44.9. The second kappa shape index (κ2) is 3.20. The van der Waals surface area contributed by atoms with Crippen molar-refractivity contribution < 1.29 is 12.6 Å². The third-order valence-corrected chi connectivity index (χ3v) is 4.72. The van der Waals surface area contributed by atoms with E-state index < -0.39 is 10.1 Å². The first-order valence-electron chi connectivity index (χ1n) is 5.70. The molecule has 3 aliphatic carbocycles. The molecule has 0 bridgehead atoms. The van der Waals surface area contributed by atoms with E-state index in [1.165, 1.54) is 5.57 Å². The van der Waals surface area contributed by atoms with Crippen LogP contribution in [0.2, 0.25) is 0 Å². The van der Waals surface area contributed by atoms with E-state index in [9.17, 15) is 8.42 Å². The molecule has 0 aromatic heterocycles. The molecule has 88 valence electrons. The molecule has 0 amide bonds. The summed E-state index contributed by atoms with van der Waals surface area (Å²) in [5, 5.41) is 0. The minimum Gasteiger partial charge on any atom is -0.266 e. The average molecular weight is 240 g/mol. The summed E-state index contributed by atoms with van der Waals surface area (Å²) >= 11 is 0. The zero-order valence-electron chi connectivity index (χ0n) is 9.46. The predicted molar refractivity (Wildman–Crippen MR) is 61.2 cm³/mol. The summed E-state index contributed by atoms with van der Waals surface area (Å²) in [5.41, 5.74) is 1.30. The Morgan fingerprint density at radius 1 is 1.38 bits per heavy atom. The van der Waals surface area contributed by atoms with Gasteiger partial charge in [-0.05, 0) is 31.1 Å². The van der Waals surface area contributed by atoms with E-state index in [0.717, 1.165) is 12.7 Å². The first-order chi connectivity index (χ1) is 7.46. The zero-order valence-corrected chi connectivity index (χ0v) is 10.3. The molecule has 0 aromatic carbocycles. The van der Waals surface area contributed by atoms with E-state index in [0.29, 0.717) is 23.7 Å². The molecule has 0 aromatic rings. The quantitative estimate of drug-likeness (QED) is 0.545. The van der Waals surface area contributed by atoms with E-state index in [1.54, 1.807) is 0 Å². The molecule has 16 heavy (non-hydrogen) atoms. The molecule has 0 N–H and O–H groups in total. The summed E-state index contributed by atoms with van der Waals surface area (Å²) < 4.78 is 27.7. The monoisotopic (exact) mass is 240 g/mol. The lowest BCUT2D eigenvalue weighted by Gasteiger charge is -2.20. The SMILES string of the molecule is CC1=C[C@@H]2C=C[C@@H]3C[C@H](OS(C)(=O)=O)[C@@H]1[C@@H]23. The second-order valence-corrected chi connectivity index (χ2v) is 6.82. The molecule has 4 heteroatoms. The molecule has 5 atom stereocenters. The van der Waals surface area contributed by atoms with Gasteiger partial charge in [0.05, 0.1) is 12.4 Å².